The zero-order valence-electron chi connectivity index (χ0n) is 15.2. The Labute approximate surface area is 167 Å². The van der Waals surface area contributed by atoms with Crippen molar-refractivity contribution < 1.29 is 4.79 Å². The van der Waals surface area contributed by atoms with Gasteiger partial charge in [-0.15, -0.1) is 0 Å². The molecule has 27 heavy (non-hydrogen) atoms. The summed E-state index contributed by atoms with van der Waals surface area (Å²) >= 11 is 12.0. The Balaban J connectivity index is 1.74. The van der Waals surface area contributed by atoms with Gasteiger partial charge in [-0.25, -0.2) is 0 Å². The molecule has 0 atom stereocenters. The quantitative estimate of drug-likeness (QED) is 0.647. The molecule has 0 unspecified atom stereocenters. The number of carbonyl (C=O) groups excluding carboxylic acids is 1. The molecule has 0 spiro atoms. The summed E-state index contributed by atoms with van der Waals surface area (Å²) in [5.74, 6) is -0.223. The molecule has 0 aliphatic carbocycles. The molecule has 0 bridgehead atoms. The molecule has 0 saturated heterocycles. The maximum Gasteiger partial charge on any atom is 0.248 e. The van der Waals surface area contributed by atoms with E-state index in [-0.39, 0.29) is 5.91 Å². The van der Waals surface area contributed by atoms with E-state index in [1.807, 2.05) is 43.9 Å². The molecule has 2 aromatic heterocycles. The van der Waals surface area contributed by atoms with Crippen molar-refractivity contribution in [1.82, 2.24) is 19.6 Å². The number of hydrogen-bond acceptors (Lipinski definition) is 3. The van der Waals surface area contributed by atoms with Crippen LogP contribution >= 0.6 is 23.2 Å². The third-order valence-corrected chi connectivity index (χ3v) is 4.84. The smallest absolute Gasteiger partial charge is 0.248 e. The zero-order valence-corrected chi connectivity index (χ0v) is 16.7. The number of benzene rings is 1. The molecule has 140 valence electrons. The van der Waals surface area contributed by atoms with Gasteiger partial charge in [0.15, 0.2) is 0 Å². The van der Waals surface area contributed by atoms with Crippen molar-refractivity contribution in [2.75, 3.05) is 5.32 Å². The van der Waals surface area contributed by atoms with Crippen LogP contribution in [-0.2, 0) is 18.4 Å². The molecule has 8 heteroatoms. The van der Waals surface area contributed by atoms with Gasteiger partial charge in [0.05, 0.1) is 39.9 Å². The zero-order chi connectivity index (χ0) is 19.6. The van der Waals surface area contributed by atoms with Gasteiger partial charge in [0, 0.05) is 24.9 Å². The van der Waals surface area contributed by atoms with Gasteiger partial charge in [-0.05, 0) is 37.6 Å². The number of amides is 1. The van der Waals surface area contributed by atoms with Gasteiger partial charge in [-0.1, -0.05) is 29.3 Å². The van der Waals surface area contributed by atoms with E-state index >= 15 is 0 Å². The summed E-state index contributed by atoms with van der Waals surface area (Å²) in [6.45, 7) is 4.31. The maximum atomic E-state index is 12.3. The van der Waals surface area contributed by atoms with Crippen molar-refractivity contribution in [2.24, 2.45) is 7.05 Å². The number of nitrogens with zero attached hydrogens (tertiary/aromatic N) is 4. The minimum Gasteiger partial charge on any atom is -0.319 e. The van der Waals surface area contributed by atoms with Gasteiger partial charge in [-0.3, -0.25) is 14.2 Å². The van der Waals surface area contributed by atoms with Gasteiger partial charge >= 0.3 is 0 Å². The lowest BCUT2D eigenvalue weighted by atomic mass is 10.2. The highest BCUT2D eigenvalue weighted by Gasteiger charge is 2.14. The largest absolute Gasteiger partial charge is 0.319 e. The van der Waals surface area contributed by atoms with E-state index in [0.717, 1.165) is 22.5 Å². The molecule has 0 saturated carbocycles. The highest BCUT2D eigenvalue weighted by atomic mass is 35.5. The normalized spacial score (nSPS) is 11.3. The number of rotatable bonds is 5. The van der Waals surface area contributed by atoms with E-state index in [1.54, 1.807) is 23.0 Å². The second-order valence-corrected chi connectivity index (χ2v) is 7.04. The summed E-state index contributed by atoms with van der Waals surface area (Å²) in [4.78, 5) is 12.3. The second kappa shape index (κ2) is 7.98. The predicted octanol–water partition coefficient (Wildman–Crippen LogP) is 4.24. The van der Waals surface area contributed by atoms with Crippen molar-refractivity contribution in [2.45, 2.75) is 20.4 Å². The van der Waals surface area contributed by atoms with Gasteiger partial charge in [-0.2, -0.15) is 10.2 Å². The first-order chi connectivity index (χ1) is 12.8. The summed E-state index contributed by atoms with van der Waals surface area (Å²) in [5, 5.41) is 12.5. The van der Waals surface area contributed by atoms with E-state index in [1.165, 1.54) is 6.08 Å². The van der Waals surface area contributed by atoms with Crippen molar-refractivity contribution in [3.8, 4) is 0 Å². The average Bonchev–Trinajstić information content (AvgIpc) is 3.15. The van der Waals surface area contributed by atoms with Crippen LogP contribution in [0.15, 0.2) is 36.7 Å². The van der Waals surface area contributed by atoms with Crippen molar-refractivity contribution in [3.05, 3.63) is 69.2 Å². The van der Waals surface area contributed by atoms with E-state index < -0.39 is 0 Å². The number of anilines is 1. The van der Waals surface area contributed by atoms with Crippen LogP contribution in [0.4, 0.5) is 5.69 Å². The Hall–Kier alpha value is -2.57. The van der Waals surface area contributed by atoms with E-state index in [4.69, 9.17) is 23.2 Å². The van der Waals surface area contributed by atoms with Crippen LogP contribution in [0.25, 0.3) is 6.08 Å². The average molecular weight is 404 g/mol. The number of carbonyl (C=O) groups is 1. The van der Waals surface area contributed by atoms with Gasteiger partial charge in [0.1, 0.15) is 0 Å². The predicted molar refractivity (Wildman–Crippen MR) is 108 cm³/mol. The molecule has 1 aromatic carbocycles. The van der Waals surface area contributed by atoms with E-state index in [9.17, 15) is 4.79 Å². The summed E-state index contributed by atoms with van der Waals surface area (Å²) in [6.07, 6.45) is 6.71. The Morgan fingerprint density at radius 3 is 2.70 bits per heavy atom. The molecular weight excluding hydrogens is 385 g/mol. The second-order valence-electron chi connectivity index (χ2n) is 6.22. The molecule has 3 rings (SSSR count). The lowest BCUT2D eigenvalue weighted by Crippen LogP contribution is -2.10. The fraction of sp³-hybridized carbons (Fsp3) is 0.211. The highest BCUT2D eigenvalue weighted by Crippen LogP contribution is 2.25. The van der Waals surface area contributed by atoms with Crippen molar-refractivity contribution in [3.63, 3.8) is 0 Å². The van der Waals surface area contributed by atoms with Crippen LogP contribution < -0.4 is 5.32 Å². The van der Waals surface area contributed by atoms with Crippen molar-refractivity contribution >= 4 is 40.9 Å². The third kappa shape index (κ3) is 4.59. The minimum atomic E-state index is -0.223. The summed E-state index contributed by atoms with van der Waals surface area (Å²) in [7, 11) is 1.83. The molecule has 1 N–H and O–H groups in total. The lowest BCUT2D eigenvalue weighted by molar-refractivity contribution is -0.111. The Morgan fingerprint density at radius 1 is 1.26 bits per heavy atom. The minimum absolute atomic E-state index is 0.223. The molecule has 2 heterocycles. The van der Waals surface area contributed by atoms with E-state index in [2.05, 4.69) is 15.5 Å². The molecule has 0 aliphatic heterocycles. The first-order valence-corrected chi connectivity index (χ1v) is 9.04. The summed E-state index contributed by atoms with van der Waals surface area (Å²) in [5.41, 5.74) is 4.15. The number of nitrogens with one attached hydrogen (secondary N) is 1. The van der Waals surface area contributed by atoms with Gasteiger partial charge in [0.25, 0.3) is 0 Å². The molecule has 0 radical (unpaired) electrons. The number of hydrogen-bond donors (Lipinski definition) is 1. The monoisotopic (exact) mass is 403 g/mol. The molecule has 1 amide bonds. The fourth-order valence-corrected chi connectivity index (χ4v) is 3.03. The SMILES string of the molecule is Cc1nn(Cc2ccc(Cl)c(Cl)c2)c(C)c1NC(=O)C=Cc1cnn(C)c1. The Kier molecular flexibility index (Phi) is 5.68. The molecule has 0 aliphatic rings. The number of halogens is 2. The number of aromatic nitrogens is 4. The molecule has 0 fully saturated rings. The maximum absolute atomic E-state index is 12.3. The Morgan fingerprint density at radius 2 is 2.04 bits per heavy atom. The van der Waals surface area contributed by atoms with Crippen LogP contribution in [0.1, 0.15) is 22.5 Å². The number of aryl methyl sites for hydroxylation is 2. The molecule has 6 nitrogen and oxygen atoms in total. The van der Waals surface area contributed by atoms with Gasteiger partial charge < -0.3 is 5.32 Å². The highest BCUT2D eigenvalue weighted by molar-refractivity contribution is 6.42. The van der Waals surface area contributed by atoms with Crippen LogP contribution in [0.3, 0.4) is 0 Å². The van der Waals surface area contributed by atoms with Crippen LogP contribution in [0.2, 0.25) is 10.0 Å². The Bertz CT molecular complexity index is 1020. The van der Waals surface area contributed by atoms with Crippen LogP contribution in [-0.4, -0.2) is 25.5 Å². The lowest BCUT2D eigenvalue weighted by Gasteiger charge is -2.07. The van der Waals surface area contributed by atoms with Crippen LogP contribution in [0.5, 0.6) is 0 Å². The summed E-state index contributed by atoms with van der Waals surface area (Å²) in [6, 6.07) is 5.48. The first-order valence-electron chi connectivity index (χ1n) is 8.29. The first kappa shape index (κ1) is 19.2. The summed E-state index contributed by atoms with van der Waals surface area (Å²) < 4.78 is 3.51. The van der Waals surface area contributed by atoms with Crippen LogP contribution in [0, 0.1) is 13.8 Å². The van der Waals surface area contributed by atoms with E-state index in [0.29, 0.717) is 22.3 Å². The fourth-order valence-electron chi connectivity index (χ4n) is 2.71. The third-order valence-electron chi connectivity index (χ3n) is 4.10. The van der Waals surface area contributed by atoms with Crippen molar-refractivity contribution in [1.29, 1.82) is 0 Å². The van der Waals surface area contributed by atoms with Gasteiger partial charge in [0.2, 0.25) is 5.91 Å². The molecular formula is C19H19Cl2N5O. The topological polar surface area (TPSA) is 64.7 Å². The molecule has 3 aromatic rings. The standard InChI is InChI=1S/C19H19Cl2N5O/c1-12-19(23-18(27)7-5-15-9-22-25(3)10-15)13(2)26(24-12)11-14-4-6-16(20)17(21)8-14/h4-10H,11H2,1-3H3,(H,23,27).